The van der Waals surface area contributed by atoms with E-state index in [-0.39, 0.29) is 11.3 Å². The first-order chi connectivity index (χ1) is 8.52. The zero-order valence-electron chi connectivity index (χ0n) is 10.4. The number of rotatable bonds is 3. The molecule has 0 amide bonds. The average Bonchev–Trinajstić information content (AvgIpc) is 2.35. The lowest BCUT2D eigenvalue weighted by Crippen LogP contribution is -2.27. The van der Waals surface area contributed by atoms with Gasteiger partial charge in [-0.1, -0.05) is 0 Å². The van der Waals surface area contributed by atoms with Crippen LogP contribution >= 0.6 is 0 Å². The molecule has 5 nitrogen and oxygen atoms in total. The molecule has 0 aromatic heterocycles. The van der Waals surface area contributed by atoms with E-state index in [0.29, 0.717) is 23.3 Å². The van der Waals surface area contributed by atoms with Crippen molar-refractivity contribution >= 4 is 18.0 Å². The summed E-state index contributed by atoms with van der Waals surface area (Å²) in [6, 6.07) is 1.37. The Kier molecular flexibility index (Phi) is 2.90. The van der Waals surface area contributed by atoms with Crippen LogP contribution in [0.25, 0.3) is 6.08 Å². The largest absolute Gasteiger partial charge is 0.495 e. The van der Waals surface area contributed by atoms with E-state index in [9.17, 15) is 9.70 Å². The predicted molar refractivity (Wildman–Crippen MR) is 67.6 cm³/mol. The minimum Gasteiger partial charge on any atom is -0.495 e. The van der Waals surface area contributed by atoms with Crippen LogP contribution in [0.2, 0.25) is 0 Å². The van der Waals surface area contributed by atoms with Crippen molar-refractivity contribution < 1.29 is 14.3 Å². The van der Waals surface area contributed by atoms with E-state index in [1.165, 1.54) is 13.2 Å². The highest BCUT2D eigenvalue weighted by Gasteiger charge is 2.28. The van der Waals surface area contributed by atoms with Gasteiger partial charge in [0.2, 0.25) is 0 Å². The molecular weight excluding hydrogens is 234 g/mol. The quantitative estimate of drug-likeness (QED) is 0.608. The fourth-order valence-corrected chi connectivity index (χ4v) is 1.90. The van der Waals surface area contributed by atoms with Gasteiger partial charge in [-0.15, -0.1) is 4.91 Å². The van der Waals surface area contributed by atoms with E-state index >= 15 is 0 Å². The number of fused-ring (bicyclic) bond motifs is 1. The van der Waals surface area contributed by atoms with Gasteiger partial charge in [-0.05, 0) is 37.2 Å². The van der Waals surface area contributed by atoms with Crippen LogP contribution < -0.4 is 9.47 Å². The Morgan fingerprint density at radius 1 is 1.44 bits per heavy atom. The highest BCUT2D eigenvalue weighted by molar-refractivity contribution is 5.88. The minimum absolute atomic E-state index is 0.102. The van der Waals surface area contributed by atoms with E-state index in [1.54, 1.807) is 6.08 Å². The molecule has 0 saturated carbocycles. The molecule has 0 radical (unpaired) electrons. The predicted octanol–water partition coefficient (Wildman–Crippen LogP) is 3.09. The molecule has 0 N–H and O–H groups in total. The number of carbonyl (C=O) groups is 1. The van der Waals surface area contributed by atoms with Crippen molar-refractivity contribution in [2.75, 3.05) is 7.11 Å². The maximum absolute atomic E-state index is 11.0. The summed E-state index contributed by atoms with van der Waals surface area (Å²) in [7, 11) is 1.46. The van der Waals surface area contributed by atoms with Gasteiger partial charge in [-0.25, -0.2) is 0 Å². The fraction of sp³-hybridized carbons (Fsp3) is 0.308. The van der Waals surface area contributed by atoms with Crippen LogP contribution in [0.5, 0.6) is 11.5 Å². The van der Waals surface area contributed by atoms with E-state index in [1.807, 2.05) is 19.9 Å². The topological polar surface area (TPSA) is 65.0 Å². The molecular formula is C13H13NO4. The van der Waals surface area contributed by atoms with E-state index in [2.05, 4.69) is 5.18 Å². The van der Waals surface area contributed by atoms with Gasteiger partial charge in [-0.2, -0.15) is 0 Å². The first-order valence-corrected chi connectivity index (χ1v) is 5.44. The monoisotopic (exact) mass is 247 g/mol. The SMILES string of the molecule is COc1c(C=O)cc(N=O)c2c1C=CC(C)(C)O2. The number of hydrogen-bond acceptors (Lipinski definition) is 5. The van der Waals surface area contributed by atoms with Crippen LogP contribution in [0, 0.1) is 4.91 Å². The number of ether oxygens (including phenoxy) is 2. The average molecular weight is 247 g/mol. The standard InChI is InChI=1S/C13H13NO4/c1-13(2)5-4-9-11(17-3)8(7-15)6-10(14-16)12(9)18-13/h4-7H,1-3H3. The molecule has 1 aliphatic heterocycles. The summed E-state index contributed by atoms with van der Waals surface area (Å²) in [5.41, 5.74) is 0.417. The van der Waals surface area contributed by atoms with Crippen molar-refractivity contribution in [1.29, 1.82) is 0 Å². The lowest BCUT2D eigenvalue weighted by molar-refractivity contribution is 0.112. The third kappa shape index (κ3) is 1.88. The molecule has 0 atom stereocenters. The second-order valence-corrected chi connectivity index (χ2v) is 4.51. The van der Waals surface area contributed by atoms with Crippen molar-refractivity contribution in [3.8, 4) is 11.5 Å². The van der Waals surface area contributed by atoms with Gasteiger partial charge in [0.05, 0.1) is 18.2 Å². The second kappa shape index (κ2) is 4.25. The molecule has 1 aromatic rings. The summed E-state index contributed by atoms with van der Waals surface area (Å²) >= 11 is 0. The summed E-state index contributed by atoms with van der Waals surface area (Å²) in [4.78, 5) is 21.8. The Balaban J connectivity index is 2.74. The molecule has 18 heavy (non-hydrogen) atoms. The molecule has 1 aliphatic rings. The van der Waals surface area contributed by atoms with Gasteiger partial charge in [0, 0.05) is 0 Å². The van der Waals surface area contributed by atoms with Crippen LogP contribution in [0.3, 0.4) is 0 Å². The number of methoxy groups -OCH3 is 1. The van der Waals surface area contributed by atoms with Gasteiger partial charge >= 0.3 is 0 Å². The third-order valence-corrected chi connectivity index (χ3v) is 2.72. The Labute approximate surface area is 104 Å². The summed E-state index contributed by atoms with van der Waals surface area (Å²) in [5, 5.41) is 2.91. The van der Waals surface area contributed by atoms with Crippen LogP contribution in [-0.4, -0.2) is 19.0 Å². The van der Waals surface area contributed by atoms with Gasteiger partial charge in [-0.3, -0.25) is 4.79 Å². The molecule has 2 rings (SSSR count). The van der Waals surface area contributed by atoms with Crippen molar-refractivity contribution in [1.82, 2.24) is 0 Å². The highest BCUT2D eigenvalue weighted by Crippen LogP contribution is 2.45. The zero-order chi connectivity index (χ0) is 13.3. The number of benzene rings is 1. The van der Waals surface area contributed by atoms with Crippen molar-refractivity contribution in [3.05, 3.63) is 28.2 Å². The third-order valence-electron chi connectivity index (χ3n) is 2.72. The Hall–Kier alpha value is -2.17. The molecule has 1 heterocycles. The molecule has 0 bridgehead atoms. The maximum atomic E-state index is 11.0. The fourth-order valence-electron chi connectivity index (χ4n) is 1.90. The van der Waals surface area contributed by atoms with Gasteiger partial charge in [0.25, 0.3) is 0 Å². The second-order valence-electron chi connectivity index (χ2n) is 4.51. The van der Waals surface area contributed by atoms with Crippen LogP contribution in [-0.2, 0) is 0 Å². The van der Waals surface area contributed by atoms with Gasteiger partial charge in [0.15, 0.2) is 17.7 Å². The Morgan fingerprint density at radius 3 is 2.72 bits per heavy atom. The zero-order valence-corrected chi connectivity index (χ0v) is 10.4. The molecule has 94 valence electrons. The maximum Gasteiger partial charge on any atom is 0.160 e. The molecule has 0 aliphatic carbocycles. The molecule has 5 heteroatoms. The normalized spacial score (nSPS) is 15.5. The first-order valence-electron chi connectivity index (χ1n) is 5.44. The van der Waals surface area contributed by atoms with E-state index in [0.717, 1.165) is 0 Å². The summed E-state index contributed by atoms with van der Waals surface area (Å²) < 4.78 is 10.9. The summed E-state index contributed by atoms with van der Waals surface area (Å²) in [5.74, 6) is 0.735. The number of nitrogens with zero attached hydrogens (tertiary/aromatic N) is 1. The molecule has 0 fully saturated rings. The van der Waals surface area contributed by atoms with Gasteiger partial charge < -0.3 is 9.47 Å². The van der Waals surface area contributed by atoms with E-state index < -0.39 is 5.60 Å². The molecule has 0 saturated heterocycles. The van der Waals surface area contributed by atoms with Crippen molar-refractivity contribution in [2.45, 2.75) is 19.4 Å². The van der Waals surface area contributed by atoms with Crippen LogP contribution in [0.4, 0.5) is 5.69 Å². The molecule has 0 unspecified atom stereocenters. The van der Waals surface area contributed by atoms with Crippen LogP contribution in [0.15, 0.2) is 17.3 Å². The molecule has 1 aromatic carbocycles. The van der Waals surface area contributed by atoms with E-state index in [4.69, 9.17) is 9.47 Å². The lowest BCUT2D eigenvalue weighted by Gasteiger charge is -2.29. The first kappa shape index (κ1) is 12.3. The van der Waals surface area contributed by atoms with Crippen molar-refractivity contribution in [2.24, 2.45) is 5.18 Å². The van der Waals surface area contributed by atoms with Gasteiger partial charge in [0.1, 0.15) is 11.4 Å². The minimum atomic E-state index is -0.528. The number of carbonyl (C=O) groups excluding carboxylic acids is 1. The number of aldehydes is 1. The van der Waals surface area contributed by atoms with Crippen molar-refractivity contribution in [3.63, 3.8) is 0 Å². The highest BCUT2D eigenvalue weighted by atomic mass is 16.5. The molecule has 0 spiro atoms. The Bertz CT molecular complexity index is 546. The van der Waals surface area contributed by atoms with Crippen LogP contribution in [0.1, 0.15) is 29.8 Å². The summed E-state index contributed by atoms with van der Waals surface area (Å²) in [6.07, 6.45) is 4.24. The summed E-state index contributed by atoms with van der Waals surface area (Å²) in [6.45, 7) is 3.72. The smallest absolute Gasteiger partial charge is 0.160 e. The number of nitroso groups, excluding NO2 is 1. The Morgan fingerprint density at radius 2 is 2.17 bits per heavy atom. The number of hydrogen-bond donors (Lipinski definition) is 0. The lowest BCUT2D eigenvalue weighted by atomic mass is 9.99.